The third-order valence-electron chi connectivity index (χ3n) is 11.4. The average molecular weight is 669 g/mol. The van der Waals surface area contributed by atoms with Crippen LogP contribution in [0.15, 0.2) is 146 Å². The summed E-state index contributed by atoms with van der Waals surface area (Å²) in [5, 5.41) is 9.98. The van der Waals surface area contributed by atoms with E-state index in [0.29, 0.717) is 0 Å². The fourth-order valence-electron chi connectivity index (χ4n) is 8.65. The maximum Gasteiger partial charge on any atom is 0.0613 e. The molecule has 0 unspecified atom stereocenters. The monoisotopic (exact) mass is 668 g/mol. The van der Waals surface area contributed by atoms with Gasteiger partial charge in [0.1, 0.15) is 0 Å². The van der Waals surface area contributed by atoms with Crippen molar-refractivity contribution >= 4 is 54.1 Å². The highest BCUT2D eigenvalue weighted by Crippen LogP contribution is 2.43. The Labute approximate surface area is 302 Å². The molecule has 0 bridgehead atoms. The number of rotatable bonds is 4. The zero-order valence-electron chi connectivity index (χ0n) is 29.6. The lowest BCUT2D eigenvalue weighted by Gasteiger charge is -2.18. The van der Waals surface area contributed by atoms with Gasteiger partial charge in [-0.1, -0.05) is 84.9 Å². The maximum absolute atomic E-state index is 4.27. The summed E-state index contributed by atoms with van der Waals surface area (Å²) in [7, 11) is 0. The predicted octanol–water partition coefficient (Wildman–Crippen LogP) is 12.4. The lowest BCUT2D eigenvalue weighted by atomic mass is 9.97. The molecule has 52 heavy (non-hydrogen) atoms. The fourth-order valence-corrected chi connectivity index (χ4v) is 8.65. The van der Waals surface area contributed by atoms with E-state index < -0.39 is 0 Å². The van der Waals surface area contributed by atoms with Crippen molar-refractivity contribution in [1.29, 1.82) is 0 Å². The highest BCUT2D eigenvalue weighted by atomic mass is 15.0. The van der Waals surface area contributed by atoms with E-state index in [4.69, 9.17) is 0 Å². The number of fused-ring (bicyclic) bond motifs is 7. The highest BCUT2D eigenvalue weighted by molar-refractivity contribution is 6.19. The number of benzene rings is 6. The molecule has 10 aromatic rings. The largest absolute Gasteiger partial charge is 0.312 e. The molecular weight excluding hydrogens is 633 g/mol. The molecule has 0 saturated heterocycles. The molecule has 4 heteroatoms. The van der Waals surface area contributed by atoms with Gasteiger partial charge in [0.25, 0.3) is 0 Å². The molecule has 0 N–H and O–H groups in total. The van der Waals surface area contributed by atoms with Crippen molar-refractivity contribution in [3.63, 3.8) is 0 Å². The molecule has 10 rings (SSSR count). The quantitative estimate of drug-likeness (QED) is 0.187. The predicted molar refractivity (Wildman–Crippen MR) is 218 cm³/mol. The third-order valence-corrected chi connectivity index (χ3v) is 11.4. The molecule has 0 amide bonds. The van der Waals surface area contributed by atoms with Crippen molar-refractivity contribution in [2.75, 3.05) is 0 Å². The molecule has 0 aliphatic carbocycles. The molecule has 4 nitrogen and oxygen atoms in total. The minimum absolute atomic E-state index is 1.17. The normalized spacial score (nSPS) is 11.8. The van der Waals surface area contributed by atoms with Crippen LogP contribution in [0.5, 0.6) is 0 Å². The summed E-state index contributed by atoms with van der Waals surface area (Å²) < 4.78 is 5.01. The first kappa shape index (κ1) is 30.3. The molecule has 0 aliphatic heterocycles. The zero-order valence-corrected chi connectivity index (χ0v) is 29.6. The second-order valence-corrected chi connectivity index (χ2v) is 13.9. The third kappa shape index (κ3) is 4.27. The van der Waals surface area contributed by atoms with Crippen LogP contribution >= 0.6 is 0 Å². The standard InChI is InChI=1S/C48H36N4/c1-29-31(3)51(45-19-17-37(33-21-25-49-26-22-33)39-9-5-7-11-41(39)45)47-35(29)13-15-44-43(47)16-14-36-30(2)32(4)52(48(36)44)46-20-18-38(34-23-27-50-28-24-34)40-10-6-8-12-42(40)46/h5-28H,1-4H3. The number of aromatic nitrogens is 4. The van der Waals surface area contributed by atoms with Crippen LogP contribution < -0.4 is 0 Å². The van der Waals surface area contributed by atoms with Crippen LogP contribution in [0.2, 0.25) is 0 Å². The summed E-state index contributed by atoms with van der Waals surface area (Å²) in [6.07, 6.45) is 7.48. The topological polar surface area (TPSA) is 35.6 Å². The lowest BCUT2D eigenvalue weighted by Crippen LogP contribution is -2.01. The second kappa shape index (κ2) is 11.5. The van der Waals surface area contributed by atoms with E-state index in [2.05, 4.69) is 168 Å². The Kier molecular flexibility index (Phi) is 6.71. The van der Waals surface area contributed by atoms with Gasteiger partial charge in [0.2, 0.25) is 0 Å². The van der Waals surface area contributed by atoms with Gasteiger partial charge >= 0.3 is 0 Å². The van der Waals surface area contributed by atoms with E-state index in [9.17, 15) is 0 Å². The van der Waals surface area contributed by atoms with E-state index in [1.807, 2.05) is 24.8 Å². The Morgan fingerprint density at radius 3 is 1.12 bits per heavy atom. The minimum atomic E-state index is 1.17. The zero-order chi connectivity index (χ0) is 35.1. The van der Waals surface area contributed by atoms with Crippen molar-refractivity contribution in [1.82, 2.24) is 19.1 Å². The van der Waals surface area contributed by atoms with E-state index >= 15 is 0 Å². The Balaban J connectivity index is 1.28. The average Bonchev–Trinajstić information content (AvgIpc) is 3.61. The second-order valence-electron chi connectivity index (χ2n) is 13.9. The summed E-state index contributed by atoms with van der Waals surface area (Å²) in [6.45, 7) is 9.05. The van der Waals surface area contributed by atoms with Crippen molar-refractivity contribution in [2.45, 2.75) is 27.7 Å². The molecular formula is C48H36N4. The highest BCUT2D eigenvalue weighted by Gasteiger charge is 2.22. The number of nitrogens with zero attached hydrogens (tertiary/aromatic N) is 4. The maximum atomic E-state index is 4.27. The number of hydrogen-bond acceptors (Lipinski definition) is 2. The van der Waals surface area contributed by atoms with Crippen LogP contribution in [0, 0.1) is 27.7 Å². The van der Waals surface area contributed by atoms with Crippen molar-refractivity contribution in [3.05, 3.63) is 169 Å². The number of pyridine rings is 2. The Morgan fingerprint density at radius 1 is 0.346 bits per heavy atom. The van der Waals surface area contributed by atoms with Gasteiger partial charge in [0, 0.05) is 68.5 Å². The molecule has 0 saturated carbocycles. The van der Waals surface area contributed by atoms with Crippen LogP contribution in [0.4, 0.5) is 0 Å². The van der Waals surface area contributed by atoms with Crippen molar-refractivity contribution in [2.24, 2.45) is 0 Å². The molecule has 0 fully saturated rings. The van der Waals surface area contributed by atoms with Gasteiger partial charge in [-0.25, -0.2) is 0 Å². The minimum Gasteiger partial charge on any atom is -0.312 e. The molecule has 0 atom stereocenters. The summed E-state index contributed by atoms with van der Waals surface area (Å²) in [5.41, 5.74) is 14.8. The lowest BCUT2D eigenvalue weighted by molar-refractivity contribution is 1.05. The Bertz CT molecular complexity index is 2830. The Morgan fingerprint density at radius 2 is 0.712 bits per heavy atom. The van der Waals surface area contributed by atoms with Gasteiger partial charge in [-0.15, -0.1) is 0 Å². The van der Waals surface area contributed by atoms with Gasteiger partial charge < -0.3 is 9.13 Å². The van der Waals surface area contributed by atoms with E-state index in [1.54, 1.807) is 0 Å². The molecule has 4 heterocycles. The van der Waals surface area contributed by atoms with E-state index in [-0.39, 0.29) is 0 Å². The van der Waals surface area contributed by atoms with E-state index in [0.717, 1.165) is 0 Å². The van der Waals surface area contributed by atoms with Crippen molar-refractivity contribution in [3.8, 4) is 33.6 Å². The van der Waals surface area contributed by atoms with Crippen LogP contribution in [0.1, 0.15) is 22.5 Å². The molecule has 248 valence electrons. The van der Waals surface area contributed by atoms with Crippen LogP contribution in [-0.4, -0.2) is 19.1 Å². The van der Waals surface area contributed by atoms with Gasteiger partial charge in [-0.2, -0.15) is 0 Å². The van der Waals surface area contributed by atoms with Crippen LogP contribution in [0.25, 0.3) is 87.8 Å². The summed E-state index contributed by atoms with van der Waals surface area (Å²) in [6, 6.07) is 44.5. The number of hydrogen-bond donors (Lipinski definition) is 0. The molecule has 0 aliphatic rings. The number of aryl methyl sites for hydroxylation is 2. The molecule has 0 radical (unpaired) electrons. The molecule has 4 aromatic heterocycles. The first-order valence-corrected chi connectivity index (χ1v) is 17.9. The van der Waals surface area contributed by atoms with Crippen LogP contribution in [0.3, 0.4) is 0 Å². The first-order chi connectivity index (χ1) is 25.5. The SMILES string of the molecule is Cc1c(C)n(-c2ccc(-c3ccncc3)c3ccccc23)c2c1ccc1c2ccc2c(C)c(C)n(-c3ccc(-c4ccncc4)c4ccccc34)c21. The molecule has 6 aromatic carbocycles. The Hall–Kier alpha value is -6.52. The van der Waals surface area contributed by atoms with Crippen molar-refractivity contribution < 1.29 is 0 Å². The van der Waals surface area contributed by atoms with E-state index in [1.165, 1.54) is 110 Å². The smallest absolute Gasteiger partial charge is 0.0613 e. The first-order valence-electron chi connectivity index (χ1n) is 17.9. The van der Waals surface area contributed by atoms with Gasteiger partial charge in [0.05, 0.1) is 22.4 Å². The van der Waals surface area contributed by atoms with Gasteiger partial charge in [-0.05, 0) is 108 Å². The van der Waals surface area contributed by atoms with Gasteiger partial charge in [0.15, 0.2) is 0 Å². The van der Waals surface area contributed by atoms with Crippen LogP contribution in [-0.2, 0) is 0 Å². The summed E-state index contributed by atoms with van der Waals surface area (Å²) in [4.78, 5) is 8.54. The summed E-state index contributed by atoms with van der Waals surface area (Å²) >= 11 is 0. The molecule has 0 spiro atoms. The summed E-state index contributed by atoms with van der Waals surface area (Å²) in [5.74, 6) is 0. The van der Waals surface area contributed by atoms with Gasteiger partial charge in [-0.3, -0.25) is 9.97 Å². The fraction of sp³-hybridized carbons (Fsp3) is 0.0833.